The molecule has 0 aliphatic carbocycles. The van der Waals surface area contributed by atoms with Gasteiger partial charge < -0.3 is 4.74 Å². The summed E-state index contributed by atoms with van der Waals surface area (Å²) in [5, 5.41) is 0. The minimum atomic E-state index is -0.470. The molecule has 1 atom stereocenters. The smallest absolute Gasteiger partial charge is 0.137 e. The lowest BCUT2D eigenvalue weighted by Gasteiger charge is -2.18. The molecule has 112 valence electrons. The highest BCUT2D eigenvalue weighted by Crippen LogP contribution is 2.26. The molecule has 3 N–H and O–H groups in total. The summed E-state index contributed by atoms with van der Waals surface area (Å²) in [5.74, 6) is 5.97. The second-order valence-corrected chi connectivity index (χ2v) is 4.93. The number of benzene rings is 1. The molecule has 2 aromatic rings. The second kappa shape index (κ2) is 7.15. The molecule has 0 bridgehead atoms. The van der Waals surface area contributed by atoms with Crippen LogP contribution in [0.3, 0.4) is 0 Å². The number of hydrogen-bond donors (Lipinski definition) is 2. The molecule has 0 saturated heterocycles. The molecule has 1 heterocycles. The van der Waals surface area contributed by atoms with Crippen LogP contribution in [-0.2, 0) is 0 Å². The summed E-state index contributed by atoms with van der Waals surface area (Å²) in [6, 6.07) is 6.31. The number of pyridine rings is 1. The van der Waals surface area contributed by atoms with E-state index in [1.807, 2.05) is 19.9 Å². The molecule has 0 saturated carbocycles. The van der Waals surface area contributed by atoms with Gasteiger partial charge in [0, 0.05) is 11.8 Å². The van der Waals surface area contributed by atoms with Gasteiger partial charge in [-0.05, 0) is 31.0 Å². The van der Waals surface area contributed by atoms with Gasteiger partial charge in [0.25, 0.3) is 0 Å². The third-order valence-electron chi connectivity index (χ3n) is 3.17. The van der Waals surface area contributed by atoms with Crippen LogP contribution in [0.1, 0.15) is 36.1 Å². The zero-order chi connectivity index (χ0) is 15.2. The SMILES string of the molecule is CCCOc1cncc(C(NN)c2cc(C)ccc2F)c1. The van der Waals surface area contributed by atoms with E-state index in [1.165, 1.54) is 6.07 Å². The Hall–Kier alpha value is -1.98. The van der Waals surface area contributed by atoms with E-state index in [4.69, 9.17) is 10.6 Å². The van der Waals surface area contributed by atoms with Gasteiger partial charge in [0.1, 0.15) is 11.6 Å². The zero-order valence-electron chi connectivity index (χ0n) is 12.3. The van der Waals surface area contributed by atoms with Crippen molar-refractivity contribution in [3.8, 4) is 5.75 Å². The first-order valence-corrected chi connectivity index (χ1v) is 6.95. The van der Waals surface area contributed by atoms with Gasteiger partial charge in [-0.2, -0.15) is 0 Å². The molecule has 1 aromatic carbocycles. The Kier molecular flexibility index (Phi) is 5.25. The maximum absolute atomic E-state index is 14.0. The van der Waals surface area contributed by atoms with Crippen molar-refractivity contribution in [3.05, 3.63) is 59.2 Å². The molecule has 2 rings (SSSR count). The summed E-state index contributed by atoms with van der Waals surface area (Å²) in [7, 11) is 0. The molecular formula is C16H20FN3O. The maximum Gasteiger partial charge on any atom is 0.137 e. The third kappa shape index (κ3) is 3.77. The summed E-state index contributed by atoms with van der Waals surface area (Å²) in [6.45, 7) is 4.56. The van der Waals surface area contributed by atoms with E-state index < -0.39 is 6.04 Å². The Morgan fingerprint density at radius 2 is 2.14 bits per heavy atom. The Bertz CT molecular complexity index is 604. The molecule has 0 radical (unpaired) electrons. The molecule has 5 heteroatoms. The van der Waals surface area contributed by atoms with Crippen LogP contribution in [0.4, 0.5) is 4.39 Å². The minimum Gasteiger partial charge on any atom is -0.492 e. The van der Waals surface area contributed by atoms with Gasteiger partial charge in [-0.15, -0.1) is 0 Å². The molecule has 1 unspecified atom stereocenters. The van der Waals surface area contributed by atoms with Crippen molar-refractivity contribution < 1.29 is 9.13 Å². The van der Waals surface area contributed by atoms with Gasteiger partial charge in [-0.1, -0.05) is 24.6 Å². The predicted octanol–water partition coefficient (Wildman–Crippen LogP) is 2.87. The van der Waals surface area contributed by atoms with Crippen molar-refractivity contribution in [2.75, 3.05) is 6.61 Å². The lowest BCUT2D eigenvalue weighted by Crippen LogP contribution is -2.29. The monoisotopic (exact) mass is 289 g/mol. The van der Waals surface area contributed by atoms with Crippen LogP contribution in [0, 0.1) is 12.7 Å². The maximum atomic E-state index is 14.0. The average molecular weight is 289 g/mol. The van der Waals surface area contributed by atoms with Crippen molar-refractivity contribution in [2.45, 2.75) is 26.3 Å². The first-order chi connectivity index (χ1) is 10.2. The number of nitrogens with one attached hydrogen (secondary N) is 1. The summed E-state index contributed by atoms with van der Waals surface area (Å²) >= 11 is 0. The molecule has 0 aliphatic heterocycles. The quantitative estimate of drug-likeness (QED) is 0.634. The first-order valence-electron chi connectivity index (χ1n) is 6.95. The number of rotatable bonds is 6. The molecular weight excluding hydrogens is 269 g/mol. The fourth-order valence-corrected chi connectivity index (χ4v) is 2.14. The number of aryl methyl sites for hydroxylation is 1. The fourth-order valence-electron chi connectivity index (χ4n) is 2.14. The van der Waals surface area contributed by atoms with Crippen LogP contribution in [0.15, 0.2) is 36.7 Å². The van der Waals surface area contributed by atoms with Gasteiger partial charge in [-0.25, -0.2) is 9.82 Å². The summed E-state index contributed by atoms with van der Waals surface area (Å²) < 4.78 is 19.6. The van der Waals surface area contributed by atoms with Crippen molar-refractivity contribution in [1.82, 2.24) is 10.4 Å². The fraction of sp³-hybridized carbons (Fsp3) is 0.312. The van der Waals surface area contributed by atoms with Crippen molar-refractivity contribution in [3.63, 3.8) is 0 Å². The summed E-state index contributed by atoms with van der Waals surface area (Å²) in [4.78, 5) is 4.14. The van der Waals surface area contributed by atoms with Crippen LogP contribution in [0.2, 0.25) is 0 Å². The number of halogens is 1. The predicted molar refractivity (Wildman–Crippen MR) is 80.3 cm³/mol. The Morgan fingerprint density at radius 1 is 1.33 bits per heavy atom. The van der Waals surface area contributed by atoms with E-state index in [1.54, 1.807) is 24.5 Å². The summed E-state index contributed by atoms with van der Waals surface area (Å²) in [6.07, 6.45) is 4.21. The van der Waals surface area contributed by atoms with Gasteiger partial charge in [0.05, 0.1) is 18.8 Å². The lowest BCUT2D eigenvalue weighted by molar-refractivity contribution is 0.315. The lowest BCUT2D eigenvalue weighted by atomic mass is 9.98. The average Bonchev–Trinajstić information content (AvgIpc) is 2.50. The molecule has 1 aromatic heterocycles. The van der Waals surface area contributed by atoms with Crippen LogP contribution in [0.25, 0.3) is 0 Å². The van der Waals surface area contributed by atoms with Crippen molar-refractivity contribution in [2.24, 2.45) is 5.84 Å². The second-order valence-electron chi connectivity index (χ2n) is 4.93. The number of ether oxygens (including phenoxy) is 1. The van der Waals surface area contributed by atoms with Gasteiger partial charge >= 0.3 is 0 Å². The Balaban J connectivity index is 2.34. The van der Waals surface area contributed by atoms with E-state index >= 15 is 0 Å². The van der Waals surface area contributed by atoms with Gasteiger partial charge in [0.2, 0.25) is 0 Å². The summed E-state index contributed by atoms with van der Waals surface area (Å²) in [5.41, 5.74) is 4.87. The van der Waals surface area contributed by atoms with E-state index in [2.05, 4.69) is 10.4 Å². The molecule has 4 nitrogen and oxygen atoms in total. The number of aromatic nitrogens is 1. The first kappa shape index (κ1) is 15.4. The minimum absolute atomic E-state index is 0.302. The normalized spacial score (nSPS) is 12.2. The van der Waals surface area contributed by atoms with Crippen molar-refractivity contribution in [1.29, 1.82) is 0 Å². The molecule has 21 heavy (non-hydrogen) atoms. The molecule has 0 spiro atoms. The zero-order valence-corrected chi connectivity index (χ0v) is 12.3. The third-order valence-corrected chi connectivity index (χ3v) is 3.17. The van der Waals surface area contributed by atoms with E-state index in [0.717, 1.165) is 17.5 Å². The Morgan fingerprint density at radius 3 is 2.86 bits per heavy atom. The number of hydrazine groups is 1. The van der Waals surface area contributed by atoms with Gasteiger partial charge in [0.15, 0.2) is 0 Å². The van der Waals surface area contributed by atoms with E-state index in [9.17, 15) is 4.39 Å². The topological polar surface area (TPSA) is 60.2 Å². The highest BCUT2D eigenvalue weighted by molar-refractivity contribution is 5.36. The number of hydrogen-bond acceptors (Lipinski definition) is 4. The molecule has 0 aliphatic rings. The van der Waals surface area contributed by atoms with Crippen LogP contribution < -0.4 is 16.0 Å². The van der Waals surface area contributed by atoms with Crippen molar-refractivity contribution >= 4 is 0 Å². The highest BCUT2D eigenvalue weighted by atomic mass is 19.1. The van der Waals surface area contributed by atoms with Crippen LogP contribution in [-0.4, -0.2) is 11.6 Å². The standard InChI is InChI=1S/C16H20FN3O/c1-3-6-21-13-8-12(9-19-10-13)16(20-18)14-7-11(2)4-5-15(14)17/h4-5,7-10,16,20H,3,6,18H2,1-2H3. The van der Waals surface area contributed by atoms with Gasteiger partial charge in [-0.3, -0.25) is 10.8 Å². The highest BCUT2D eigenvalue weighted by Gasteiger charge is 2.17. The molecule has 0 amide bonds. The van der Waals surface area contributed by atoms with E-state index in [-0.39, 0.29) is 5.82 Å². The largest absolute Gasteiger partial charge is 0.492 e. The van der Waals surface area contributed by atoms with Crippen LogP contribution in [0.5, 0.6) is 5.75 Å². The number of nitrogens with two attached hydrogens (primary N) is 1. The van der Waals surface area contributed by atoms with Crippen LogP contribution >= 0.6 is 0 Å². The van der Waals surface area contributed by atoms with E-state index in [0.29, 0.717) is 17.9 Å². The number of nitrogens with zero attached hydrogens (tertiary/aromatic N) is 1. The molecule has 0 fully saturated rings. The Labute approximate surface area is 124 Å².